The minimum atomic E-state index is -0.259. The van der Waals surface area contributed by atoms with E-state index in [2.05, 4.69) is 9.97 Å². The second-order valence-electron chi connectivity index (χ2n) is 4.34. The molecule has 2 rings (SSSR count). The fraction of sp³-hybridized carbons (Fsp3) is 0.636. The van der Waals surface area contributed by atoms with E-state index >= 15 is 0 Å². The molecule has 1 aliphatic carbocycles. The van der Waals surface area contributed by atoms with Gasteiger partial charge in [-0.3, -0.25) is 9.78 Å². The van der Waals surface area contributed by atoms with Crippen LogP contribution in [0.3, 0.4) is 0 Å². The van der Waals surface area contributed by atoms with Gasteiger partial charge in [0.15, 0.2) is 0 Å². The molecule has 17 heavy (non-hydrogen) atoms. The number of aromatic amines is 1. The normalized spacial score (nSPS) is 28.2. The third-order valence-electron chi connectivity index (χ3n) is 3.19. The largest absolute Gasteiger partial charge is 0.461 e. The summed E-state index contributed by atoms with van der Waals surface area (Å²) >= 11 is 0. The van der Waals surface area contributed by atoms with Crippen molar-refractivity contribution in [2.45, 2.75) is 18.9 Å². The molecule has 1 fully saturated rings. The number of aromatic nitrogens is 2. The molecular weight excluding hydrogens is 224 g/mol. The summed E-state index contributed by atoms with van der Waals surface area (Å²) in [5, 5.41) is 18.3. The molecule has 6 nitrogen and oxygen atoms in total. The van der Waals surface area contributed by atoms with Gasteiger partial charge in [0.1, 0.15) is 6.10 Å². The summed E-state index contributed by atoms with van der Waals surface area (Å²) in [7, 11) is 0. The van der Waals surface area contributed by atoms with E-state index in [1.807, 2.05) is 0 Å². The molecule has 1 aromatic rings. The zero-order valence-electron chi connectivity index (χ0n) is 9.37. The number of H-pyrrole nitrogens is 1. The van der Waals surface area contributed by atoms with E-state index in [-0.39, 0.29) is 42.7 Å². The maximum absolute atomic E-state index is 11.0. The maximum atomic E-state index is 11.0. The third kappa shape index (κ3) is 2.83. The number of ether oxygens (including phenoxy) is 1. The molecule has 1 aromatic heterocycles. The highest BCUT2D eigenvalue weighted by atomic mass is 16.5. The minimum absolute atomic E-state index is 0.0455. The number of nitrogens with zero attached hydrogens (tertiary/aromatic N) is 1. The lowest BCUT2D eigenvalue weighted by Gasteiger charge is -2.12. The molecule has 0 aliphatic heterocycles. The van der Waals surface area contributed by atoms with E-state index < -0.39 is 0 Å². The Balaban J connectivity index is 1.99. The van der Waals surface area contributed by atoms with Crippen LogP contribution in [0.4, 0.5) is 0 Å². The Morgan fingerprint density at radius 3 is 2.53 bits per heavy atom. The SMILES string of the molecule is O=c1ccnc(OC2C[C@@H](CO)[C@@H](CO)C2)[nH]1. The van der Waals surface area contributed by atoms with Crippen LogP contribution in [0.25, 0.3) is 0 Å². The van der Waals surface area contributed by atoms with Gasteiger partial charge in [-0.1, -0.05) is 0 Å². The summed E-state index contributed by atoms with van der Waals surface area (Å²) in [5.74, 6) is 0.112. The van der Waals surface area contributed by atoms with Gasteiger partial charge in [-0.05, 0) is 24.7 Å². The fourth-order valence-corrected chi connectivity index (χ4v) is 2.27. The van der Waals surface area contributed by atoms with Gasteiger partial charge in [0.2, 0.25) is 0 Å². The first-order chi connectivity index (χ1) is 8.22. The number of nitrogens with one attached hydrogen (secondary N) is 1. The number of aliphatic hydroxyl groups is 2. The number of hydrogen-bond donors (Lipinski definition) is 3. The summed E-state index contributed by atoms with van der Waals surface area (Å²) in [6.45, 7) is 0.0909. The first kappa shape index (κ1) is 12.1. The van der Waals surface area contributed by atoms with Crippen molar-refractivity contribution in [2.24, 2.45) is 11.8 Å². The van der Waals surface area contributed by atoms with Crippen molar-refractivity contribution in [1.82, 2.24) is 9.97 Å². The van der Waals surface area contributed by atoms with Crippen LogP contribution in [0, 0.1) is 11.8 Å². The van der Waals surface area contributed by atoms with E-state index in [1.165, 1.54) is 12.3 Å². The smallest absolute Gasteiger partial charge is 0.296 e. The van der Waals surface area contributed by atoms with E-state index in [9.17, 15) is 4.79 Å². The van der Waals surface area contributed by atoms with Crippen molar-refractivity contribution in [3.05, 3.63) is 22.6 Å². The molecule has 1 saturated carbocycles. The first-order valence-electron chi connectivity index (χ1n) is 5.66. The van der Waals surface area contributed by atoms with Crippen LogP contribution >= 0.6 is 0 Å². The predicted molar refractivity (Wildman–Crippen MR) is 59.7 cm³/mol. The molecule has 0 radical (unpaired) electrons. The van der Waals surface area contributed by atoms with Gasteiger partial charge in [-0.15, -0.1) is 0 Å². The Morgan fingerprint density at radius 1 is 1.35 bits per heavy atom. The second-order valence-corrected chi connectivity index (χ2v) is 4.34. The van der Waals surface area contributed by atoms with Crippen LogP contribution in [0.15, 0.2) is 17.1 Å². The van der Waals surface area contributed by atoms with E-state index in [0.717, 1.165) is 0 Å². The molecule has 0 bridgehead atoms. The van der Waals surface area contributed by atoms with E-state index in [1.54, 1.807) is 0 Å². The molecule has 0 spiro atoms. The molecular formula is C11H16N2O4. The lowest BCUT2D eigenvalue weighted by molar-refractivity contribution is 0.141. The van der Waals surface area contributed by atoms with Crippen LogP contribution in [0.2, 0.25) is 0 Å². The van der Waals surface area contributed by atoms with Crippen molar-refractivity contribution < 1.29 is 14.9 Å². The Kier molecular flexibility index (Phi) is 3.75. The topological polar surface area (TPSA) is 95.4 Å². The number of aliphatic hydroxyl groups excluding tert-OH is 2. The molecule has 1 heterocycles. The minimum Gasteiger partial charge on any atom is -0.461 e. The standard InChI is InChI=1S/C11H16N2O4/c14-5-7-3-9(4-8(7)6-15)17-11-12-2-1-10(16)13-11/h1-2,7-9,14-15H,3-6H2,(H,12,13,16)/t7-,8+,9?. The zero-order valence-corrected chi connectivity index (χ0v) is 9.37. The monoisotopic (exact) mass is 240 g/mol. The quantitative estimate of drug-likeness (QED) is 0.661. The number of hydrogen-bond acceptors (Lipinski definition) is 5. The summed E-state index contributed by atoms with van der Waals surface area (Å²) in [4.78, 5) is 17.4. The highest BCUT2D eigenvalue weighted by Gasteiger charge is 2.34. The Hall–Kier alpha value is -1.40. The average Bonchev–Trinajstić information content (AvgIpc) is 2.71. The van der Waals surface area contributed by atoms with Crippen LogP contribution in [0.5, 0.6) is 6.01 Å². The molecule has 0 amide bonds. The second kappa shape index (κ2) is 5.29. The third-order valence-corrected chi connectivity index (χ3v) is 3.19. The van der Waals surface area contributed by atoms with Gasteiger partial charge in [0.05, 0.1) is 0 Å². The van der Waals surface area contributed by atoms with Crippen molar-refractivity contribution in [3.63, 3.8) is 0 Å². The average molecular weight is 240 g/mol. The van der Waals surface area contributed by atoms with Gasteiger partial charge >= 0.3 is 0 Å². The fourth-order valence-electron chi connectivity index (χ4n) is 2.27. The summed E-state index contributed by atoms with van der Waals surface area (Å²) in [6, 6.07) is 1.51. The van der Waals surface area contributed by atoms with Gasteiger partial charge < -0.3 is 14.9 Å². The first-order valence-corrected chi connectivity index (χ1v) is 5.66. The predicted octanol–water partition coefficient (Wildman–Crippen LogP) is -0.472. The highest BCUT2D eigenvalue weighted by molar-refractivity contribution is 4.96. The van der Waals surface area contributed by atoms with Crippen molar-refractivity contribution >= 4 is 0 Å². The summed E-state index contributed by atoms with van der Waals surface area (Å²) < 4.78 is 5.53. The molecule has 1 unspecified atom stereocenters. The summed E-state index contributed by atoms with van der Waals surface area (Å²) in [6.07, 6.45) is 2.60. The molecule has 3 atom stereocenters. The van der Waals surface area contributed by atoms with Crippen LogP contribution in [-0.2, 0) is 0 Å². The van der Waals surface area contributed by atoms with E-state index in [4.69, 9.17) is 14.9 Å². The maximum Gasteiger partial charge on any atom is 0.296 e. The molecule has 0 saturated heterocycles. The van der Waals surface area contributed by atoms with Crippen molar-refractivity contribution in [3.8, 4) is 6.01 Å². The van der Waals surface area contributed by atoms with Crippen LogP contribution < -0.4 is 10.3 Å². The molecule has 0 aromatic carbocycles. The lowest BCUT2D eigenvalue weighted by Crippen LogP contribution is -2.17. The molecule has 3 N–H and O–H groups in total. The van der Waals surface area contributed by atoms with Crippen molar-refractivity contribution in [2.75, 3.05) is 13.2 Å². The van der Waals surface area contributed by atoms with Gasteiger partial charge in [0.25, 0.3) is 11.6 Å². The Labute approximate surface area is 98.3 Å². The van der Waals surface area contributed by atoms with Crippen LogP contribution in [0.1, 0.15) is 12.8 Å². The van der Waals surface area contributed by atoms with Crippen LogP contribution in [-0.4, -0.2) is 39.5 Å². The van der Waals surface area contributed by atoms with Crippen molar-refractivity contribution in [1.29, 1.82) is 0 Å². The summed E-state index contributed by atoms with van der Waals surface area (Å²) in [5.41, 5.74) is -0.259. The molecule has 6 heteroatoms. The van der Waals surface area contributed by atoms with Gasteiger partial charge in [0, 0.05) is 25.5 Å². The Bertz CT molecular complexity index is 408. The molecule has 1 aliphatic rings. The van der Waals surface area contributed by atoms with E-state index in [0.29, 0.717) is 12.8 Å². The highest BCUT2D eigenvalue weighted by Crippen LogP contribution is 2.33. The van der Waals surface area contributed by atoms with Gasteiger partial charge in [-0.2, -0.15) is 0 Å². The van der Waals surface area contributed by atoms with Gasteiger partial charge in [-0.25, -0.2) is 4.98 Å². The number of rotatable bonds is 4. The molecule has 94 valence electrons. The Morgan fingerprint density at radius 2 is 2.00 bits per heavy atom. The lowest BCUT2D eigenvalue weighted by atomic mass is 9.98. The zero-order chi connectivity index (χ0) is 12.3.